The molecule has 5 atom stereocenters. The Kier molecular flexibility index (Phi) is 3.40. The molecule has 0 aliphatic carbocycles. The van der Waals surface area contributed by atoms with Crippen LogP contribution >= 0.6 is 0 Å². The Bertz CT molecular complexity index is 218. The number of hydrogen-bond acceptors (Lipinski definition) is 7. The van der Waals surface area contributed by atoms with Crippen LogP contribution in [0.5, 0.6) is 0 Å². The van der Waals surface area contributed by atoms with Gasteiger partial charge in [-0.1, -0.05) is 0 Å². The first-order valence-electron chi connectivity index (χ1n) is 4.02. The minimum Gasteiger partial charge on any atom is -0.455 e. The maximum absolute atomic E-state index is 10.7. The lowest BCUT2D eigenvalue weighted by molar-refractivity contribution is -0.155. The summed E-state index contributed by atoms with van der Waals surface area (Å²) in [4.78, 5) is 10.7. The summed E-state index contributed by atoms with van der Waals surface area (Å²) >= 11 is 0. The first-order valence-corrected chi connectivity index (χ1v) is 4.02. The topological polar surface area (TPSA) is 127 Å². The van der Waals surface area contributed by atoms with Crippen molar-refractivity contribution in [3.63, 3.8) is 0 Å². The minimum atomic E-state index is -1.72. The van der Waals surface area contributed by atoms with Gasteiger partial charge in [-0.05, 0) is 0 Å². The smallest absolute Gasteiger partial charge is 0.338 e. The molecule has 0 amide bonds. The number of cyclic esters (lactones) is 1. The highest BCUT2D eigenvalue weighted by atomic mass is 16.6. The second-order valence-electron chi connectivity index (χ2n) is 3.08. The van der Waals surface area contributed by atoms with Crippen molar-refractivity contribution in [1.29, 1.82) is 0 Å². The molecule has 7 nitrogen and oxygen atoms in total. The summed E-state index contributed by atoms with van der Waals surface area (Å²) in [5.41, 5.74) is 0. The van der Waals surface area contributed by atoms with E-state index >= 15 is 0 Å². The average molecular weight is 208 g/mol. The van der Waals surface area contributed by atoms with Crippen LogP contribution in [0.3, 0.4) is 0 Å². The highest BCUT2D eigenvalue weighted by Gasteiger charge is 2.47. The molecule has 14 heavy (non-hydrogen) atoms. The molecule has 0 aromatic carbocycles. The van der Waals surface area contributed by atoms with Crippen LogP contribution in [0.25, 0.3) is 0 Å². The first kappa shape index (κ1) is 11.3. The molecule has 0 bridgehead atoms. The van der Waals surface area contributed by atoms with Crippen LogP contribution in [0.2, 0.25) is 0 Å². The summed E-state index contributed by atoms with van der Waals surface area (Å²) < 4.78 is 4.41. The summed E-state index contributed by atoms with van der Waals surface area (Å²) in [6.07, 6.45) is -7.90. The molecule has 5 N–H and O–H groups in total. The van der Waals surface area contributed by atoms with E-state index in [4.69, 9.17) is 15.3 Å². The first-order chi connectivity index (χ1) is 6.49. The molecular formula is C7H12O7. The Balaban J connectivity index is 2.66. The second-order valence-corrected chi connectivity index (χ2v) is 3.08. The Morgan fingerprint density at radius 3 is 2.29 bits per heavy atom. The molecule has 1 aliphatic heterocycles. The van der Waals surface area contributed by atoms with E-state index < -0.39 is 43.1 Å². The average Bonchev–Trinajstić information content (AvgIpc) is 2.43. The standard InChI is InChI=1S/C7H12O7/c8-1-2(9)3(10)6-4(11)5(12)7(13)14-6/h2-6,8-12H,1H2/t2-,3+,4+,5+,6-/m1/s1. The fourth-order valence-electron chi connectivity index (χ4n) is 1.19. The zero-order chi connectivity index (χ0) is 10.9. The van der Waals surface area contributed by atoms with E-state index in [9.17, 15) is 15.0 Å². The molecule has 1 aliphatic rings. The van der Waals surface area contributed by atoms with Gasteiger partial charge in [0.2, 0.25) is 0 Å². The van der Waals surface area contributed by atoms with Crippen molar-refractivity contribution < 1.29 is 35.1 Å². The Labute approximate surface area is 79.2 Å². The molecular weight excluding hydrogens is 196 g/mol. The van der Waals surface area contributed by atoms with E-state index in [2.05, 4.69) is 4.74 Å². The van der Waals surface area contributed by atoms with Crippen LogP contribution in [-0.2, 0) is 9.53 Å². The van der Waals surface area contributed by atoms with Crippen LogP contribution in [0, 0.1) is 0 Å². The fraction of sp³-hybridized carbons (Fsp3) is 0.857. The van der Waals surface area contributed by atoms with Crippen molar-refractivity contribution >= 4 is 5.97 Å². The van der Waals surface area contributed by atoms with Crippen molar-refractivity contribution in [1.82, 2.24) is 0 Å². The van der Waals surface area contributed by atoms with Crippen molar-refractivity contribution in [2.45, 2.75) is 30.5 Å². The van der Waals surface area contributed by atoms with Gasteiger partial charge in [-0.15, -0.1) is 0 Å². The van der Waals surface area contributed by atoms with Gasteiger partial charge < -0.3 is 30.3 Å². The summed E-state index contributed by atoms with van der Waals surface area (Å²) in [6.45, 7) is -0.738. The lowest BCUT2D eigenvalue weighted by Crippen LogP contribution is -2.46. The number of hydrogen-bond donors (Lipinski definition) is 5. The number of aliphatic hydroxyl groups is 5. The molecule has 1 rings (SSSR count). The number of ether oxygens (including phenoxy) is 1. The van der Waals surface area contributed by atoms with Gasteiger partial charge in [-0.2, -0.15) is 0 Å². The third kappa shape index (κ3) is 1.86. The van der Waals surface area contributed by atoms with Crippen molar-refractivity contribution in [2.75, 3.05) is 6.61 Å². The van der Waals surface area contributed by atoms with Gasteiger partial charge in [0.05, 0.1) is 6.61 Å². The van der Waals surface area contributed by atoms with E-state index in [1.165, 1.54) is 0 Å². The van der Waals surface area contributed by atoms with Crippen LogP contribution in [0.15, 0.2) is 0 Å². The highest BCUT2D eigenvalue weighted by Crippen LogP contribution is 2.20. The highest BCUT2D eigenvalue weighted by molar-refractivity contribution is 5.77. The number of esters is 1. The molecule has 0 radical (unpaired) electrons. The van der Waals surface area contributed by atoms with Crippen LogP contribution < -0.4 is 0 Å². The van der Waals surface area contributed by atoms with Crippen molar-refractivity contribution in [3.05, 3.63) is 0 Å². The Morgan fingerprint density at radius 2 is 1.93 bits per heavy atom. The van der Waals surface area contributed by atoms with E-state index in [1.807, 2.05) is 0 Å². The third-order valence-electron chi connectivity index (χ3n) is 2.07. The van der Waals surface area contributed by atoms with E-state index in [0.717, 1.165) is 0 Å². The van der Waals surface area contributed by atoms with Gasteiger partial charge >= 0.3 is 5.97 Å². The largest absolute Gasteiger partial charge is 0.455 e. The SMILES string of the molecule is O=C1O[C@H]([C@@H](O)[C@H](O)CO)[C@@H](O)[C@@H]1O. The molecule has 82 valence electrons. The minimum absolute atomic E-state index is 0.738. The number of carbonyl (C=O) groups excluding carboxylic acids is 1. The summed E-state index contributed by atoms with van der Waals surface area (Å²) in [5, 5.41) is 44.9. The molecule has 0 saturated carbocycles. The number of carbonyl (C=O) groups is 1. The predicted molar refractivity (Wildman–Crippen MR) is 41.0 cm³/mol. The van der Waals surface area contributed by atoms with Crippen molar-refractivity contribution in [3.8, 4) is 0 Å². The molecule has 1 fully saturated rings. The lowest BCUT2D eigenvalue weighted by Gasteiger charge is -2.23. The van der Waals surface area contributed by atoms with Gasteiger partial charge in [0.1, 0.15) is 18.3 Å². The van der Waals surface area contributed by atoms with E-state index in [-0.39, 0.29) is 0 Å². The second kappa shape index (κ2) is 4.20. The zero-order valence-corrected chi connectivity index (χ0v) is 7.15. The zero-order valence-electron chi connectivity index (χ0n) is 7.15. The summed E-state index contributed by atoms with van der Waals surface area (Å²) in [6, 6.07) is 0. The molecule has 7 heteroatoms. The van der Waals surface area contributed by atoms with Crippen LogP contribution in [0.4, 0.5) is 0 Å². The fourth-order valence-corrected chi connectivity index (χ4v) is 1.19. The van der Waals surface area contributed by atoms with Crippen LogP contribution in [-0.4, -0.2) is 68.6 Å². The third-order valence-corrected chi connectivity index (χ3v) is 2.07. The molecule has 0 aromatic heterocycles. The lowest BCUT2D eigenvalue weighted by atomic mass is 10.0. The van der Waals surface area contributed by atoms with Crippen LogP contribution in [0.1, 0.15) is 0 Å². The van der Waals surface area contributed by atoms with Gasteiger partial charge in [0.25, 0.3) is 0 Å². The number of aliphatic hydroxyl groups excluding tert-OH is 5. The van der Waals surface area contributed by atoms with E-state index in [0.29, 0.717) is 0 Å². The Hall–Kier alpha value is -0.730. The van der Waals surface area contributed by atoms with Gasteiger partial charge in [-0.25, -0.2) is 4.79 Å². The maximum Gasteiger partial charge on any atom is 0.338 e. The van der Waals surface area contributed by atoms with E-state index in [1.54, 1.807) is 0 Å². The van der Waals surface area contributed by atoms with Gasteiger partial charge in [-0.3, -0.25) is 0 Å². The normalized spacial score (nSPS) is 36.6. The summed E-state index contributed by atoms with van der Waals surface area (Å²) in [5.74, 6) is -1.06. The predicted octanol–water partition coefficient (Wildman–Crippen LogP) is -3.65. The number of rotatable bonds is 3. The Morgan fingerprint density at radius 1 is 1.36 bits per heavy atom. The van der Waals surface area contributed by atoms with Gasteiger partial charge in [0, 0.05) is 0 Å². The molecule has 1 saturated heterocycles. The maximum atomic E-state index is 10.7. The van der Waals surface area contributed by atoms with Crippen molar-refractivity contribution in [2.24, 2.45) is 0 Å². The molecule has 1 heterocycles. The molecule has 0 aromatic rings. The monoisotopic (exact) mass is 208 g/mol. The molecule has 0 spiro atoms. The van der Waals surface area contributed by atoms with Gasteiger partial charge in [0.15, 0.2) is 12.2 Å². The summed E-state index contributed by atoms with van der Waals surface area (Å²) in [7, 11) is 0. The molecule has 0 unspecified atom stereocenters. The quantitative estimate of drug-likeness (QED) is 0.302.